The second-order valence-corrected chi connectivity index (χ2v) is 9.80. The standard InChI is InChI=1S/C24H31ClN6O/c25-20-15-28-24(29-16-20)31-10-5-18(6-11-31)21-13-19(21)4-7-26-22-3-2-17(14-27-22)12-23(32)30-8-1-9-30/h2-3,14-16,18-19,21H,1,4-13H2,(H,26,27)/t19-,21?/m1/s1. The first-order valence-electron chi connectivity index (χ1n) is 11.8. The van der Waals surface area contributed by atoms with Crippen LogP contribution in [0, 0.1) is 17.8 Å². The molecule has 1 amide bonds. The Balaban J connectivity index is 0.997. The number of nitrogens with zero attached hydrogens (tertiary/aromatic N) is 5. The average Bonchev–Trinajstić information content (AvgIpc) is 3.54. The third kappa shape index (κ3) is 5.14. The van der Waals surface area contributed by atoms with Gasteiger partial charge in [0.25, 0.3) is 0 Å². The lowest BCUT2D eigenvalue weighted by Crippen LogP contribution is -2.42. The summed E-state index contributed by atoms with van der Waals surface area (Å²) in [5.41, 5.74) is 0.991. The zero-order chi connectivity index (χ0) is 21.9. The van der Waals surface area contributed by atoms with Crippen LogP contribution in [-0.4, -0.2) is 58.5 Å². The van der Waals surface area contributed by atoms with Crippen molar-refractivity contribution in [2.45, 2.75) is 38.5 Å². The van der Waals surface area contributed by atoms with Crippen LogP contribution in [0.2, 0.25) is 5.02 Å². The summed E-state index contributed by atoms with van der Waals surface area (Å²) in [6, 6.07) is 4.02. The molecule has 0 bridgehead atoms. The normalized spacial score (nSPS) is 23.0. The third-order valence-electron chi connectivity index (χ3n) is 7.22. The fraction of sp³-hybridized carbons (Fsp3) is 0.583. The highest BCUT2D eigenvalue weighted by molar-refractivity contribution is 6.30. The van der Waals surface area contributed by atoms with E-state index in [-0.39, 0.29) is 5.91 Å². The van der Waals surface area contributed by atoms with Crippen LogP contribution in [0.1, 0.15) is 37.7 Å². The van der Waals surface area contributed by atoms with Crippen molar-refractivity contribution in [1.29, 1.82) is 0 Å². The third-order valence-corrected chi connectivity index (χ3v) is 7.42. The Morgan fingerprint density at radius 2 is 1.84 bits per heavy atom. The Labute approximate surface area is 194 Å². The molecule has 170 valence electrons. The molecular weight excluding hydrogens is 424 g/mol. The van der Waals surface area contributed by atoms with Crippen LogP contribution in [-0.2, 0) is 11.2 Å². The first kappa shape index (κ1) is 21.4. The van der Waals surface area contributed by atoms with Gasteiger partial charge in [0.05, 0.1) is 23.8 Å². The molecule has 2 aromatic rings. The number of carbonyl (C=O) groups is 1. The number of aromatic nitrogens is 3. The minimum Gasteiger partial charge on any atom is -0.370 e. The molecule has 7 nitrogen and oxygen atoms in total. The quantitative estimate of drug-likeness (QED) is 0.656. The van der Waals surface area contributed by atoms with Gasteiger partial charge in [-0.15, -0.1) is 0 Å². The molecule has 1 saturated carbocycles. The van der Waals surface area contributed by atoms with Gasteiger partial charge >= 0.3 is 0 Å². The molecule has 3 fully saturated rings. The van der Waals surface area contributed by atoms with Crippen LogP contribution in [0.3, 0.4) is 0 Å². The summed E-state index contributed by atoms with van der Waals surface area (Å²) in [4.78, 5) is 29.5. The number of piperidine rings is 1. The zero-order valence-corrected chi connectivity index (χ0v) is 19.2. The van der Waals surface area contributed by atoms with Gasteiger partial charge in [-0.25, -0.2) is 15.0 Å². The predicted octanol–water partition coefficient (Wildman–Crippen LogP) is 3.65. The van der Waals surface area contributed by atoms with Crippen molar-refractivity contribution >= 4 is 29.3 Å². The lowest BCUT2D eigenvalue weighted by atomic mass is 9.90. The molecule has 0 radical (unpaired) electrons. The number of anilines is 2. The van der Waals surface area contributed by atoms with Gasteiger partial charge in [-0.2, -0.15) is 0 Å². The summed E-state index contributed by atoms with van der Waals surface area (Å²) >= 11 is 5.90. The van der Waals surface area contributed by atoms with Gasteiger partial charge in [0.15, 0.2) is 0 Å². The van der Waals surface area contributed by atoms with Gasteiger partial charge in [0.2, 0.25) is 11.9 Å². The first-order chi connectivity index (χ1) is 15.7. The molecular formula is C24H31ClN6O. The monoisotopic (exact) mass is 454 g/mol. The van der Waals surface area contributed by atoms with E-state index in [2.05, 4.69) is 25.2 Å². The van der Waals surface area contributed by atoms with Crippen LogP contribution in [0.5, 0.6) is 0 Å². The number of likely N-dealkylation sites (tertiary alicyclic amines) is 1. The van der Waals surface area contributed by atoms with Crippen LogP contribution < -0.4 is 10.2 Å². The molecule has 1 N–H and O–H groups in total. The van der Waals surface area contributed by atoms with Crippen molar-refractivity contribution in [2.75, 3.05) is 42.9 Å². The van der Waals surface area contributed by atoms with Gasteiger partial charge < -0.3 is 15.1 Å². The number of hydrogen-bond acceptors (Lipinski definition) is 6. The molecule has 0 spiro atoms. The van der Waals surface area contributed by atoms with Crippen LogP contribution in [0.4, 0.5) is 11.8 Å². The second kappa shape index (κ2) is 9.61. The van der Waals surface area contributed by atoms with Gasteiger partial charge in [-0.05, 0) is 61.5 Å². The molecule has 5 rings (SSSR count). The molecule has 2 aliphatic heterocycles. The highest BCUT2D eigenvalue weighted by Gasteiger charge is 2.43. The first-order valence-corrected chi connectivity index (χ1v) is 12.2. The second-order valence-electron chi connectivity index (χ2n) is 9.36. The zero-order valence-electron chi connectivity index (χ0n) is 18.4. The van der Waals surface area contributed by atoms with E-state index >= 15 is 0 Å². The molecule has 2 saturated heterocycles. The van der Waals surface area contributed by atoms with Gasteiger partial charge in [-0.3, -0.25) is 4.79 Å². The number of pyridine rings is 1. The lowest BCUT2D eigenvalue weighted by Gasteiger charge is -2.32. The Kier molecular flexibility index (Phi) is 6.44. The molecule has 1 unspecified atom stereocenters. The summed E-state index contributed by atoms with van der Waals surface area (Å²) in [5.74, 6) is 4.44. The van der Waals surface area contributed by atoms with Crippen LogP contribution >= 0.6 is 11.6 Å². The topological polar surface area (TPSA) is 74.2 Å². The minimum atomic E-state index is 0.213. The number of rotatable bonds is 8. The number of halogens is 1. The summed E-state index contributed by atoms with van der Waals surface area (Å²) < 4.78 is 0. The van der Waals surface area contributed by atoms with Crippen molar-refractivity contribution in [3.05, 3.63) is 41.3 Å². The van der Waals surface area contributed by atoms with Crippen molar-refractivity contribution < 1.29 is 4.79 Å². The molecule has 32 heavy (non-hydrogen) atoms. The molecule has 2 atom stereocenters. The maximum Gasteiger partial charge on any atom is 0.227 e. The molecule has 8 heteroatoms. The summed E-state index contributed by atoms with van der Waals surface area (Å²) in [6.45, 7) is 4.83. The molecule has 4 heterocycles. The van der Waals surface area contributed by atoms with Crippen molar-refractivity contribution in [3.63, 3.8) is 0 Å². The van der Waals surface area contributed by atoms with Crippen molar-refractivity contribution in [3.8, 4) is 0 Å². The van der Waals surface area contributed by atoms with E-state index in [0.717, 1.165) is 74.2 Å². The number of carbonyl (C=O) groups excluding carboxylic acids is 1. The number of amides is 1. The van der Waals surface area contributed by atoms with Crippen LogP contribution in [0.25, 0.3) is 0 Å². The number of hydrogen-bond donors (Lipinski definition) is 1. The number of nitrogens with one attached hydrogen (secondary N) is 1. The summed E-state index contributed by atoms with van der Waals surface area (Å²) in [6.07, 6.45) is 11.8. The Hall–Kier alpha value is -2.41. The largest absolute Gasteiger partial charge is 0.370 e. The smallest absolute Gasteiger partial charge is 0.227 e. The van der Waals surface area contributed by atoms with E-state index in [1.807, 2.05) is 23.2 Å². The van der Waals surface area contributed by atoms with E-state index in [0.29, 0.717) is 11.4 Å². The highest BCUT2D eigenvalue weighted by atomic mass is 35.5. The van der Waals surface area contributed by atoms with Crippen LogP contribution in [0.15, 0.2) is 30.7 Å². The van der Waals surface area contributed by atoms with E-state index in [4.69, 9.17) is 11.6 Å². The summed E-state index contributed by atoms with van der Waals surface area (Å²) in [7, 11) is 0. The van der Waals surface area contributed by atoms with Crippen molar-refractivity contribution in [1.82, 2.24) is 19.9 Å². The van der Waals surface area contributed by atoms with Gasteiger partial charge in [-0.1, -0.05) is 17.7 Å². The molecule has 2 aromatic heterocycles. The predicted molar refractivity (Wildman–Crippen MR) is 126 cm³/mol. The fourth-order valence-corrected chi connectivity index (χ4v) is 5.15. The Bertz CT molecular complexity index is 909. The molecule has 1 aliphatic carbocycles. The minimum absolute atomic E-state index is 0.213. The lowest BCUT2D eigenvalue weighted by molar-refractivity contribution is -0.133. The van der Waals surface area contributed by atoms with Crippen molar-refractivity contribution in [2.24, 2.45) is 17.8 Å². The molecule has 3 aliphatic rings. The highest BCUT2D eigenvalue weighted by Crippen LogP contribution is 2.49. The molecule has 0 aromatic carbocycles. The van der Waals surface area contributed by atoms with E-state index in [1.54, 1.807) is 12.4 Å². The SMILES string of the molecule is O=C(Cc1ccc(NCC[C@@H]2CC2C2CCN(c3ncc(Cl)cn3)CC2)nc1)N1CCC1. The Morgan fingerprint density at radius 3 is 2.50 bits per heavy atom. The fourth-order valence-electron chi connectivity index (χ4n) is 5.05. The maximum atomic E-state index is 12.1. The Morgan fingerprint density at radius 1 is 1.06 bits per heavy atom. The summed E-state index contributed by atoms with van der Waals surface area (Å²) in [5, 5.41) is 4.04. The van der Waals surface area contributed by atoms with E-state index < -0.39 is 0 Å². The van der Waals surface area contributed by atoms with E-state index in [9.17, 15) is 4.79 Å². The van der Waals surface area contributed by atoms with Gasteiger partial charge in [0.1, 0.15) is 5.82 Å². The van der Waals surface area contributed by atoms with E-state index in [1.165, 1.54) is 25.7 Å². The maximum absolute atomic E-state index is 12.1. The van der Waals surface area contributed by atoms with Gasteiger partial charge in [0, 0.05) is 38.9 Å². The average molecular weight is 455 g/mol.